The summed E-state index contributed by atoms with van der Waals surface area (Å²) in [5, 5.41) is 13.1. The van der Waals surface area contributed by atoms with Crippen molar-refractivity contribution in [2.45, 2.75) is 57.6 Å². The number of aliphatic hydroxyl groups is 1. The van der Waals surface area contributed by atoms with Crippen LogP contribution in [-0.2, 0) is 0 Å². The van der Waals surface area contributed by atoms with Gasteiger partial charge in [-0.05, 0) is 25.3 Å². The molecule has 1 fully saturated rings. The van der Waals surface area contributed by atoms with Gasteiger partial charge in [-0.3, -0.25) is 0 Å². The zero-order valence-electron chi connectivity index (χ0n) is 14.5. The van der Waals surface area contributed by atoms with Gasteiger partial charge in [0, 0.05) is 31.5 Å². The van der Waals surface area contributed by atoms with Gasteiger partial charge < -0.3 is 15.3 Å². The van der Waals surface area contributed by atoms with Gasteiger partial charge in [0.25, 0.3) is 0 Å². The molecule has 2 rings (SSSR count). The van der Waals surface area contributed by atoms with Crippen LogP contribution in [0, 0.1) is 5.92 Å². The third-order valence-electron chi connectivity index (χ3n) is 5.15. The minimum Gasteiger partial charge on any atom is -0.393 e. The van der Waals surface area contributed by atoms with Crippen molar-refractivity contribution in [2.75, 3.05) is 13.6 Å². The number of hydrogen-bond acceptors (Lipinski definition) is 2. The predicted octanol–water partition coefficient (Wildman–Crippen LogP) is 3.37. The Morgan fingerprint density at radius 1 is 1.26 bits per heavy atom. The molecule has 1 aromatic rings. The van der Waals surface area contributed by atoms with Crippen LogP contribution in [0.5, 0.6) is 0 Å². The normalized spacial score (nSPS) is 23.8. The van der Waals surface area contributed by atoms with Crippen LogP contribution in [0.2, 0.25) is 0 Å². The lowest BCUT2D eigenvalue weighted by Crippen LogP contribution is -2.46. The highest BCUT2D eigenvalue weighted by atomic mass is 16.3. The number of nitrogens with one attached hydrogen (secondary N) is 1. The molecule has 0 aromatic heterocycles. The smallest absolute Gasteiger partial charge is 0.317 e. The molecule has 0 bridgehead atoms. The topological polar surface area (TPSA) is 52.6 Å². The van der Waals surface area contributed by atoms with Crippen LogP contribution in [0.1, 0.15) is 51.0 Å². The number of amides is 2. The molecule has 128 valence electrons. The lowest BCUT2D eigenvalue weighted by molar-refractivity contribution is 0.0562. The molecule has 1 aliphatic rings. The number of nitrogens with zero attached hydrogens (tertiary/aromatic N) is 1. The quantitative estimate of drug-likeness (QED) is 0.874. The monoisotopic (exact) mass is 318 g/mol. The highest BCUT2D eigenvalue weighted by Gasteiger charge is 2.26. The molecule has 0 radical (unpaired) electrons. The molecule has 4 heteroatoms. The van der Waals surface area contributed by atoms with Gasteiger partial charge in [0.05, 0.1) is 6.10 Å². The summed E-state index contributed by atoms with van der Waals surface area (Å²) < 4.78 is 0. The van der Waals surface area contributed by atoms with Gasteiger partial charge in [0.2, 0.25) is 0 Å². The van der Waals surface area contributed by atoms with E-state index < -0.39 is 0 Å². The molecule has 23 heavy (non-hydrogen) atoms. The molecule has 4 nitrogen and oxygen atoms in total. The maximum Gasteiger partial charge on any atom is 0.317 e. The number of urea groups is 1. The van der Waals surface area contributed by atoms with Crippen LogP contribution in [0.3, 0.4) is 0 Å². The zero-order valence-corrected chi connectivity index (χ0v) is 14.5. The minimum atomic E-state index is -0.264. The molecular formula is C19H30N2O2. The molecule has 2 amide bonds. The second-order valence-electron chi connectivity index (χ2n) is 6.93. The third-order valence-corrected chi connectivity index (χ3v) is 5.15. The van der Waals surface area contributed by atoms with Crippen LogP contribution in [0.15, 0.2) is 30.3 Å². The first-order chi connectivity index (χ1) is 11.0. The Morgan fingerprint density at radius 2 is 1.91 bits per heavy atom. The summed E-state index contributed by atoms with van der Waals surface area (Å²) in [6, 6.07) is 10.2. The van der Waals surface area contributed by atoms with E-state index in [4.69, 9.17) is 0 Å². The number of benzene rings is 1. The summed E-state index contributed by atoms with van der Waals surface area (Å²) in [6.45, 7) is 4.80. The highest BCUT2D eigenvalue weighted by molar-refractivity contribution is 5.74. The van der Waals surface area contributed by atoms with E-state index >= 15 is 0 Å². The summed E-state index contributed by atoms with van der Waals surface area (Å²) in [5.74, 6) is 0.468. The molecule has 2 N–H and O–H groups in total. The largest absolute Gasteiger partial charge is 0.393 e. The molecule has 4 atom stereocenters. The van der Waals surface area contributed by atoms with Crippen LogP contribution >= 0.6 is 0 Å². The zero-order chi connectivity index (χ0) is 16.8. The van der Waals surface area contributed by atoms with E-state index in [0.29, 0.717) is 6.54 Å². The fraction of sp³-hybridized carbons (Fsp3) is 0.632. The minimum absolute atomic E-state index is 0.0574. The average Bonchev–Trinajstić information content (AvgIpc) is 2.56. The van der Waals surface area contributed by atoms with Crippen LogP contribution < -0.4 is 5.32 Å². The van der Waals surface area contributed by atoms with Crippen molar-refractivity contribution in [2.24, 2.45) is 5.92 Å². The van der Waals surface area contributed by atoms with Crippen molar-refractivity contribution in [1.29, 1.82) is 0 Å². The van der Waals surface area contributed by atoms with E-state index in [1.54, 1.807) is 4.90 Å². The fourth-order valence-electron chi connectivity index (χ4n) is 3.31. The van der Waals surface area contributed by atoms with E-state index in [9.17, 15) is 9.90 Å². The number of hydrogen-bond donors (Lipinski definition) is 2. The van der Waals surface area contributed by atoms with Crippen molar-refractivity contribution in [3.63, 3.8) is 0 Å². The van der Waals surface area contributed by atoms with E-state index in [-0.39, 0.29) is 30.0 Å². The summed E-state index contributed by atoms with van der Waals surface area (Å²) in [6.07, 6.45) is 3.86. The second-order valence-corrected chi connectivity index (χ2v) is 6.93. The van der Waals surface area contributed by atoms with Crippen LogP contribution in [0.4, 0.5) is 4.79 Å². The summed E-state index contributed by atoms with van der Waals surface area (Å²) in [7, 11) is 1.82. The van der Waals surface area contributed by atoms with Gasteiger partial charge in [-0.25, -0.2) is 4.79 Å². The van der Waals surface area contributed by atoms with Gasteiger partial charge in [-0.1, -0.05) is 50.1 Å². The predicted molar refractivity (Wildman–Crippen MR) is 93.4 cm³/mol. The van der Waals surface area contributed by atoms with E-state index in [1.807, 2.05) is 32.2 Å². The van der Waals surface area contributed by atoms with Crippen molar-refractivity contribution in [3.8, 4) is 0 Å². The molecule has 1 aliphatic carbocycles. The summed E-state index contributed by atoms with van der Waals surface area (Å²) in [5.41, 5.74) is 1.23. The Balaban J connectivity index is 1.85. The standard InChI is InChI=1S/C19H30N2O2/c1-14(16-9-5-4-6-10-16)15(2)20-19(23)21(3)13-17-11-7-8-12-18(17)22/h4-6,9-10,14-15,17-18,22H,7-8,11-13H2,1-3H3,(H,20,23). The van der Waals surface area contributed by atoms with E-state index in [0.717, 1.165) is 25.7 Å². The van der Waals surface area contributed by atoms with Crippen LogP contribution in [-0.4, -0.2) is 41.8 Å². The SMILES string of the molecule is CC(NC(=O)N(C)CC1CCCCC1O)C(C)c1ccccc1. The summed E-state index contributed by atoms with van der Waals surface area (Å²) in [4.78, 5) is 14.1. The van der Waals surface area contributed by atoms with Crippen LogP contribution in [0.25, 0.3) is 0 Å². The lowest BCUT2D eigenvalue weighted by Gasteiger charge is -2.32. The maximum absolute atomic E-state index is 12.4. The molecule has 0 spiro atoms. The molecule has 1 aromatic carbocycles. The van der Waals surface area contributed by atoms with Crippen molar-refractivity contribution < 1.29 is 9.90 Å². The second kappa shape index (κ2) is 8.34. The first-order valence-electron chi connectivity index (χ1n) is 8.73. The van der Waals surface area contributed by atoms with Gasteiger partial charge in [-0.2, -0.15) is 0 Å². The average molecular weight is 318 g/mol. The molecule has 1 saturated carbocycles. The third kappa shape index (κ3) is 4.96. The van der Waals surface area contributed by atoms with E-state index in [2.05, 4.69) is 24.4 Å². The molecule has 0 heterocycles. The van der Waals surface area contributed by atoms with Crippen molar-refractivity contribution >= 4 is 6.03 Å². The van der Waals surface area contributed by atoms with Gasteiger partial charge in [-0.15, -0.1) is 0 Å². The Morgan fingerprint density at radius 3 is 2.57 bits per heavy atom. The van der Waals surface area contributed by atoms with Gasteiger partial charge in [0.1, 0.15) is 0 Å². The number of carbonyl (C=O) groups is 1. The Kier molecular flexibility index (Phi) is 6.46. The molecule has 0 aliphatic heterocycles. The van der Waals surface area contributed by atoms with E-state index in [1.165, 1.54) is 5.56 Å². The first kappa shape index (κ1) is 17.8. The fourth-order valence-corrected chi connectivity index (χ4v) is 3.31. The summed E-state index contributed by atoms with van der Waals surface area (Å²) >= 11 is 0. The van der Waals surface area contributed by atoms with Gasteiger partial charge in [0.15, 0.2) is 0 Å². The molecule has 0 saturated heterocycles. The van der Waals surface area contributed by atoms with Gasteiger partial charge >= 0.3 is 6.03 Å². The number of rotatable bonds is 5. The lowest BCUT2D eigenvalue weighted by atomic mass is 9.86. The number of carbonyl (C=O) groups excluding carboxylic acids is 1. The maximum atomic E-state index is 12.4. The Hall–Kier alpha value is -1.55. The van der Waals surface area contributed by atoms with Crippen molar-refractivity contribution in [1.82, 2.24) is 10.2 Å². The molecule has 4 unspecified atom stereocenters. The highest BCUT2D eigenvalue weighted by Crippen LogP contribution is 2.25. The number of aliphatic hydroxyl groups excluding tert-OH is 1. The first-order valence-corrected chi connectivity index (χ1v) is 8.73. The Labute approximate surface area is 139 Å². The Bertz CT molecular complexity index is 491. The van der Waals surface area contributed by atoms with Crippen molar-refractivity contribution in [3.05, 3.63) is 35.9 Å². The molecular weight excluding hydrogens is 288 g/mol.